The second-order valence-corrected chi connectivity index (χ2v) is 9.06. The molecule has 1 aromatic carbocycles. The summed E-state index contributed by atoms with van der Waals surface area (Å²) in [6, 6.07) is 6.93. The Morgan fingerprint density at radius 3 is 2.56 bits per heavy atom. The van der Waals surface area contributed by atoms with Crippen molar-refractivity contribution in [1.82, 2.24) is 15.5 Å². The maximum atomic E-state index is 12.9. The molecular weight excluding hydrogens is 424 g/mol. The number of hydrogen-bond acceptors (Lipinski definition) is 6. The van der Waals surface area contributed by atoms with E-state index in [0.29, 0.717) is 16.6 Å². The van der Waals surface area contributed by atoms with E-state index in [1.807, 2.05) is 38.1 Å². The zero-order valence-corrected chi connectivity index (χ0v) is 20.5. The molecule has 0 aliphatic heterocycles. The Bertz CT molecular complexity index is 855. The van der Waals surface area contributed by atoms with Crippen molar-refractivity contribution >= 4 is 28.3 Å². The van der Waals surface area contributed by atoms with Crippen LogP contribution in [0.3, 0.4) is 0 Å². The number of nitrogens with one attached hydrogen (secondary N) is 2. The van der Waals surface area contributed by atoms with Crippen molar-refractivity contribution in [1.29, 1.82) is 0 Å². The molecule has 1 heterocycles. The number of carbonyl (C=O) groups excluding carboxylic acids is 2. The maximum absolute atomic E-state index is 12.9. The predicted molar refractivity (Wildman–Crippen MR) is 130 cm³/mol. The average molecular weight is 461 g/mol. The summed E-state index contributed by atoms with van der Waals surface area (Å²) in [6.45, 7) is 6.17. The Hall–Kier alpha value is -2.48. The minimum Gasteiger partial charge on any atom is -0.497 e. The van der Waals surface area contributed by atoms with Gasteiger partial charge >= 0.3 is 0 Å². The quantitative estimate of drug-likeness (QED) is 0.367. The molecule has 2 atom stereocenters. The molecule has 0 saturated heterocycles. The predicted octanol–water partition coefficient (Wildman–Crippen LogP) is 5.43. The summed E-state index contributed by atoms with van der Waals surface area (Å²) in [6.07, 6.45) is 7.95. The van der Waals surface area contributed by atoms with Crippen LogP contribution in [0.1, 0.15) is 72.1 Å². The summed E-state index contributed by atoms with van der Waals surface area (Å²) in [7, 11) is 1.61. The highest BCUT2D eigenvalue weighted by molar-refractivity contribution is 7.18. The second-order valence-electron chi connectivity index (χ2n) is 8.08. The van der Waals surface area contributed by atoms with E-state index in [2.05, 4.69) is 27.8 Å². The first kappa shape index (κ1) is 25.8. The van der Waals surface area contributed by atoms with Gasteiger partial charge in [-0.25, -0.2) is 0 Å². The number of unbranched alkanes of at least 4 members (excludes halogenated alkanes) is 5. The molecule has 7 nitrogen and oxygen atoms in total. The van der Waals surface area contributed by atoms with Gasteiger partial charge < -0.3 is 10.1 Å². The van der Waals surface area contributed by atoms with Crippen molar-refractivity contribution in [3.63, 3.8) is 0 Å². The van der Waals surface area contributed by atoms with Crippen LogP contribution < -0.4 is 15.4 Å². The number of methoxy groups -OCH3 is 1. The number of ether oxygens (including phenoxy) is 1. The van der Waals surface area contributed by atoms with Gasteiger partial charge in [0, 0.05) is 12.0 Å². The molecule has 32 heavy (non-hydrogen) atoms. The Balaban J connectivity index is 1.93. The van der Waals surface area contributed by atoms with E-state index >= 15 is 0 Å². The third-order valence-electron chi connectivity index (χ3n) is 5.54. The lowest BCUT2D eigenvalue weighted by Gasteiger charge is -2.23. The van der Waals surface area contributed by atoms with Crippen LogP contribution in [-0.4, -0.2) is 35.2 Å². The number of rotatable bonds is 14. The van der Waals surface area contributed by atoms with E-state index in [1.54, 1.807) is 7.11 Å². The minimum absolute atomic E-state index is 0.00859. The third kappa shape index (κ3) is 8.22. The average Bonchev–Trinajstić information content (AvgIpc) is 3.27. The van der Waals surface area contributed by atoms with Crippen LogP contribution in [0.2, 0.25) is 0 Å². The number of amides is 2. The fraction of sp³-hybridized carbons (Fsp3) is 0.583. The molecule has 1 aromatic heterocycles. The zero-order valence-electron chi connectivity index (χ0n) is 19.6. The maximum Gasteiger partial charge on any atom is 0.249 e. The first-order valence-electron chi connectivity index (χ1n) is 11.6. The third-order valence-corrected chi connectivity index (χ3v) is 6.43. The molecular formula is C24H36N4O3S. The molecule has 0 bridgehead atoms. The van der Waals surface area contributed by atoms with Gasteiger partial charge in [-0.15, -0.1) is 10.2 Å². The van der Waals surface area contributed by atoms with Crippen molar-refractivity contribution in [3.8, 4) is 16.3 Å². The van der Waals surface area contributed by atoms with Crippen molar-refractivity contribution in [2.75, 3.05) is 12.4 Å². The lowest BCUT2D eigenvalue weighted by atomic mass is 9.98. The topological polar surface area (TPSA) is 93.2 Å². The summed E-state index contributed by atoms with van der Waals surface area (Å²) in [5, 5.41) is 15.1. The molecule has 0 radical (unpaired) electrons. The first-order valence-corrected chi connectivity index (χ1v) is 12.4. The van der Waals surface area contributed by atoms with E-state index in [9.17, 15) is 9.59 Å². The molecule has 0 aliphatic carbocycles. The number of anilines is 1. The van der Waals surface area contributed by atoms with E-state index < -0.39 is 6.04 Å². The van der Waals surface area contributed by atoms with E-state index in [-0.39, 0.29) is 17.7 Å². The molecule has 0 saturated carbocycles. The van der Waals surface area contributed by atoms with Gasteiger partial charge in [-0.1, -0.05) is 82.8 Å². The van der Waals surface area contributed by atoms with Gasteiger partial charge in [0.15, 0.2) is 0 Å². The molecule has 8 heteroatoms. The first-order chi connectivity index (χ1) is 15.5. The van der Waals surface area contributed by atoms with Gasteiger partial charge in [-0.2, -0.15) is 0 Å². The van der Waals surface area contributed by atoms with Gasteiger partial charge in [0.25, 0.3) is 0 Å². The van der Waals surface area contributed by atoms with Crippen molar-refractivity contribution < 1.29 is 14.3 Å². The molecule has 2 rings (SSSR count). The van der Waals surface area contributed by atoms with Crippen LogP contribution in [0.25, 0.3) is 10.6 Å². The van der Waals surface area contributed by atoms with E-state index in [4.69, 9.17) is 4.74 Å². The number of carbonyl (C=O) groups is 2. The molecule has 2 aromatic rings. The molecule has 176 valence electrons. The Morgan fingerprint density at radius 2 is 1.84 bits per heavy atom. The monoisotopic (exact) mass is 460 g/mol. The molecule has 0 spiro atoms. The highest BCUT2D eigenvalue weighted by Crippen LogP contribution is 2.29. The van der Waals surface area contributed by atoms with Crippen LogP contribution in [-0.2, 0) is 9.59 Å². The summed E-state index contributed by atoms with van der Waals surface area (Å²) in [5.74, 6) is 0.404. The SMILES string of the molecule is CCCCCCCCC(=O)NC(C(=O)Nc1nnc(-c2cccc(OC)c2)s1)C(C)CC. The Kier molecular flexibility index (Phi) is 11.1. The van der Waals surface area contributed by atoms with Gasteiger partial charge in [0.2, 0.25) is 16.9 Å². The van der Waals surface area contributed by atoms with Gasteiger partial charge in [0.1, 0.15) is 16.8 Å². The van der Waals surface area contributed by atoms with Gasteiger partial charge in [-0.3, -0.25) is 14.9 Å². The molecule has 0 aliphatic rings. The zero-order chi connectivity index (χ0) is 23.3. The summed E-state index contributed by atoms with van der Waals surface area (Å²) >= 11 is 1.29. The fourth-order valence-corrected chi connectivity index (χ4v) is 4.09. The number of benzene rings is 1. The normalized spacial score (nSPS) is 12.8. The second kappa shape index (κ2) is 13.8. The summed E-state index contributed by atoms with van der Waals surface area (Å²) in [5.41, 5.74) is 0.869. The smallest absolute Gasteiger partial charge is 0.249 e. The van der Waals surface area contributed by atoms with Gasteiger partial charge in [-0.05, 0) is 24.5 Å². The molecule has 2 amide bonds. The highest BCUT2D eigenvalue weighted by Gasteiger charge is 2.26. The molecule has 2 N–H and O–H groups in total. The van der Waals surface area contributed by atoms with E-state index in [1.165, 1.54) is 30.6 Å². The fourth-order valence-electron chi connectivity index (χ4n) is 3.34. The Morgan fingerprint density at radius 1 is 1.09 bits per heavy atom. The number of nitrogens with zero attached hydrogens (tertiary/aromatic N) is 2. The van der Waals surface area contributed by atoms with Crippen LogP contribution >= 0.6 is 11.3 Å². The van der Waals surface area contributed by atoms with Crippen LogP contribution in [0.15, 0.2) is 24.3 Å². The lowest BCUT2D eigenvalue weighted by Crippen LogP contribution is -2.47. The van der Waals surface area contributed by atoms with Crippen molar-refractivity contribution in [2.24, 2.45) is 5.92 Å². The molecule has 2 unspecified atom stereocenters. The largest absolute Gasteiger partial charge is 0.497 e. The lowest BCUT2D eigenvalue weighted by molar-refractivity contribution is -0.127. The minimum atomic E-state index is -0.600. The van der Waals surface area contributed by atoms with Crippen molar-refractivity contribution in [2.45, 2.75) is 78.2 Å². The summed E-state index contributed by atoms with van der Waals surface area (Å²) in [4.78, 5) is 25.4. The molecule has 0 fully saturated rings. The highest BCUT2D eigenvalue weighted by atomic mass is 32.1. The van der Waals surface area contributed by atoms with Gasteiger partial charge in [0.05, 0.1) is 7.11 Å². The number of aromatic nitrogens is 2. The standard InChI is InChI=1S/C24H36N4O3S/c1-5-7-8-9-10-11-15-20(29)25-21(17(3)6-2)22(30)26-24-28-27-23(32-24)18-13-12-14-19(16-18)31-4/h12-14,16-17,21H,5-11,15H2,1-4H3,(H,25,29)(H,26,28,30). The van der Waals surface area contributed by atoms with Crippen molar-refractivity contribution in [3.05, 3.63) is 24.3 Å². The summed E-state index contributed by atoms with van der Waals surface area (Å²) < 4.78 is 5.25. The Labute approximate surface area is 195 Å². The van der Waals surface area contributed by atoms with Crippen LogP contribution in [0.5, 0.6) is 5.75 Å². The van der Waals surface area contributed by atoms with Crippen LogP contribution in [0.4, 0.5) is 5.13 Å². The van der Waals surface area contributed by atoms with E-state index in [0.717, 1.165) is 37.0 Å². The number of hydrogen-bond donors (Lipinski definition) is 2. The van der Waals surface area contributed by atoms with Crippen LogP contribution in [0, 0.1) is 5.92 Å².